The standard InChI is InChI=1S/C25H25ClN2O5S2/c1-31-19-6-4-5-16(23(19)33-3)24-17-11-14(26)7-9-18(17)28-25(30)20(35-24)12-21-27-13-15(34-21)8-10-22(29)32-2/h4-7,9,11,13,20,24H,8,10,12H2,1-3H3,(H,28,30)/t20-,24-/m1/s1. The molecule has 0 fully saturated rings. The monoisotopic (exact) mass is 532 g/mol. The number of para-hydroxylation sites is 1. The lowest BCUT2D eigenvalue weighted by Crippen LogP contribution is -2.26. The number of rotatable bonds is 8. The van der Waals surface area contributed by atoms with Gasteiger partial charge in [0.1, 0.15) is 0 Å². The zero-order chi connectivity index (χ0) is 24.9. The zero-order valence-corrected chi connectivity index (χ0v) is 21.9. The van der Waals surface area contributed by atoms with Gasteiger partial charge in [-0.3, -0.25) is 9.59 Å². The number of ether oxygens (including phenoxy) is 3. The molecule has 4 rings (SSSR count). The zero-order valence-electron chi connectivity index (χ0n) is 19.5. The molecule has 35 heavy (non-hydrogen) atoms. The predicted molar refractivity (Wildman–Crippen MR) is 139 cm³/mol. The number of benzene rings is 2. The van der Waals surface area contributed by atoms with Crippen molar-refractivity contribution in [2.75, 3.05) is 26.6 Å². The molecule has 1 aliphatic rings. The number of carbonyl (C=O) groups is 2. The van der Waals surface area contributed by atoms with E-state index >= 15 is 0 Å². The van der Waals surface area contributed by atoms with Crippen molar-refractivity contribution in [1.82, 2.24) is 4.98 Å². The molecule has 7 nitrogen and oxygen atoms in total. The van der Waals surface area contributed by atoms with Crippen LogP contribution in [0.3, 0.4) is 0 Å². The van der Waals surface area contributed by atoms with Crippen molar-refractivity contribution in [2.24, 2.45) is 0 Å². The minimum atomic E-state index is -0.415. The van der Waals surface area contributed by atoms with Crippen LogP contribution in [0.25, 0.3) is 0 Å². The van der Waals surface area contributed by atoms with Crippen molar-refractivity contribution in [3.8, 4) is 11.5 Å². The Morgan fingerprint density at radius 1 is 1.14 bits per heavy atom. The van der Waals surface area contributed by atoms with E-state index in [4.69, 9.17) is 25.8 Å². The van der Waals surface area contributed by atoms with Crippen LogP contribution in [-0.4, -0.2) is 43.4 Å². The van der Waals surface area contributed by atoms with Gasteiger partial charge >= 0.3 is 5.97 Å². The molecule has 0 spiro atoms. The summed E-state index contributed by atoms with van der Waals surface area (Å²) in [6.45, 7) is 0. The molecular weight excluding hydrogens is 508 g/mol. The first-order chi connectivity index (χ1) is 16.9. The van der Waals surface area contributed by atoms with Crippen LogP contribution in [0.4, 0.5) is 5.69 Å². The van der Waals surface area contributed by atoms with Crippen molar-refractivity contribution in [3.05, 3.63) is 68.6 Å². The molecule has 1 aliphatic heterocycles. The van der Waals surface area contributed by atoms with E-state index in [0.29, 0.717) is 41.5 Å². The van der Waals surface area contributed by atoms with Crippen LogP contribution in [0, 0.1) is 0 Å². The van der Waals surface area contributed by atoms with E-state index in [-0.39, 0.29) is 17.1 Å². The first-order valence-electron chi connectivity index (χ1n) is 10.9. The highest BCUT2D eigenvalue weighted by molar-refractivity contribution is 8.01. The second-order valence-corrected chi connectivity index (χ2v) is 10.8. The van der Waals surface area contributed by atoms with Crippen molar-refractivity contribution in [2.45, 2.75) is 29.8 Å². The number of amides is 1. The highest BCUT2D eigenvalue weighted by Crippen LogP contribution is 2.50. The third-order valence-corrected chi connectivity index (χ3v) is 8.43. The van der Waals surface area contributed by atoms with E-state index in [1.807, 2.05) is 30.3 Å². The number of fused-ring (bicyclic) bond motifs is 1. The Bertz CT molecular complexity index is 1230. The molecule has 184 valence electrons. The minimum absolute atomic E-state index is 0.103. The average molecular weight is 533 g/mol. The maximum Gasteiger partial charge on any atom is 0.305 e. The Kier molecular flexibility index (Phi) is 8.20. The molecule has 2 aromatic carbocycles. The van der Waals surface area contributed by atoms with Crippen LogP contribution in [0.1, 0.15) is 32.7 Å². The van der Waals surface area contributed by atoms with Gasteiger partial charge in [-0.2, -0.15) is 0 Å². The fraction of sp³-hybridized carbons (Fsp3) is 0.320. The number of hydrogen-bond acceptors (Lipinski definition) is 8. The minimum Gasteiger partial charge on any atom is -0.493 e. The van der Waals surface area contributed by atoms with Crippen LogP contribution >= 0.6 is 34.7 Å². The number of nitrogens with zero attached hydrogens (tertiary/aromatic N) is 1. The molecule has 0 saturated heterocycles. The lowest BCUT2D eigenvalue weighted by atomic mass is 10.0. The summed E-state index contributed by atoms with van der Waals surface area (Å²) >= 11 is 9.40. The number of anilines is 1. The molecule has 1 amide bonds. The van der Waals surface area contributed by atoms with Gasteiger partial charge in [0.15, 0.2) is 11.5 Å². The van der Waals surface area contributed by atoms with Crippen LogP contribution in [-0.2, 0) is 27.2 Å². The molecule has 2 atom stereocenters. The first-order valence-corrected chi connectivity index (χ1v) is 13.0. The topological polar surface area (TPSA) is 86.8 Å². The summed E-state index contributed by atoms with van der Waals surface area (Å²) in [6.07, 6.45) is 3.07. The Hall–Kier alpha value is -2.75. The number of hydrogen-bond donors (Lipinski definition) is 1. The fourth-order valence-corrected chi connectivity index (χ4v) is 6.61. The van der Waals surface area contributed by atoms with Gasteiger partial charge in [0, 0.05) is 33.8 Å². The summed E-state index contributed by atoms with van der Waals surface area (Å²) in [5.41, 5.74) is 2.49. The molecule has 3 aromatic rings. The summed E-state index contributed by atoms with van der Waals surface area (Å²) < 4.78 is 16.0. The van der Waals surface area contributed by atoms with E-state index in [1.165, 1.54) is 30.2 Å². The largest absolute Gasteiger partial charge is 0.493 e. The number of thiazole rings is 1. The number of methoxy groups -OCH3 is 3. The van der Waals surface area contributed by atoms with Crippen molar-refractivity contribution in [3.63, 3.8) is 0 Å². The van der Waals surface area contributed by atoms with Crippen molar-refractivity contribution >= 4 is 52.3 Å². The van der Waals surface area contributed by atoms with Gasteiger partial charge in [0.05, 0.1) is 43.3 Å². The molecule has 0 unspecified atom stereocenters. The predicted octanol–water partition coefficient (Wildman–Crippen LogP) is 5.31. The summed E-state index contributed by atoms with van der Waals surface area (Å²) in [7, 11) is 4.58. The Labute approximate surface area is 217 Å². The summed E-state index contributed by atoms with van der Waals surface area (Å²) in [5, 5.41) is 3.82. The van der Waals surface area contributed by atoms with Crippen molar-refractivity contribution in [1.29, 1.82) is 0 Å². The van der Waals surface area contributed by atoms with E-state index in [2.05, 4.69) is 10.3 Å². The fourth-order valence-electron chi connectivity index (χ4n) is 3.92. The van der Waals surface area contributed by atoms with Gasteiger partial charge < -0.3 is 19.5 Å². The average Bonchev–Trinajstić information content (AvgIpc) is 3.27. The Morgan fingerprint density at radius 2 is 1.97 bits per heavy atom. The third kappa shape index (κ3) is 5.74. The van der Waals surface area contributed by atoms with Gasteiger partial charge in [-0.05, 0) is 36.2 Å². The number of thioether (sulfide) groups is 1. The molecule has 0 aliphatic carbocycles. The highest BCUT2D eigenvalue weighted by atomic mass is 35.5. The van der Waals surface area contributed by atoms with E-state index in [9.17, 15) is 9.59 Å². The Morgan fingerprint density at radius 3 is 2.71 bits per heavy atom. The SMILES string of the molecule is COC(=O)CCc1cnc(C[C@H]2S[C@H](c3cccc(OC)c3OC)c3cc(Cl)ccc3NC2=O)s1. The molecule has 0 bridgehead atoms. The number of nitrogens with one attached hydrogen (secondary N) is 1. The van der Waals surface area contributed by atoms with Gasteiger partial charge in [-0.1, -0.05) is 23.7 Å². The van der Waals surface area contributed by atoms with Crippen molar-refractivity contribution < 1.29 is 23.8 Å². The third-order valence-electron chi connectivity index (χ3n) is 5.63. The normalized spacial score (nSPS) is 17.2. The smallest absolute Gasteiger partial charge is 0.305 e. The van der Waals surface area contributed by atoms with Gasteiger partial charge in [-0.15, -0.1) is 23.1 Å². The second kappa shape index (κ2) is 11.3. The van der Waals surface area contributed by atoms with E-state index in [1.54, 1.807) is 26.5 Å². The Balaban J connectivity index is 1.67. The van der Waals surface area contributed by atoms with Crippen LogP contribution in [0.5, 0.6) is 11.5 Å². The summed E-state index contributed by atoms with van der Waals surface area (Å²) in [6, 6.07) is 11.2. The molecule has 1 N–H and O–H groups in total. The van der Waals surface area contributed by atoms with Crippen LogP contribution in [0.15, 0.2) is 42.6 Å². The maximum absolute atomic E-state index is 13.3. The summed E-state index contributed by atoms with van der Waals surface area (Å²) in [5.74, 6) is 0.870. The van der Waals surface area contributed by atoms with E-state index in [0.717, 1.165) is 21.0 Å². The van der Waals surface area contributed by atoms with Gasteiger partial charge in [0.25, 0.3) is 0 Å². The molecule has 0 radical (unpaired) electrons. The quantitative estimate of drug-likeness (QED) is 0.394. The number of aryl methyl sites for hydroxylation is 1. The summed E-state index contributed by atoms with van der Waals surface area (Å²) in [4.78, 5) is 30.2. The number of aromatic nitrogens is 1. The molecule has 10 heteroatoms. The second-order valence-electron chi connectivity index (χ2n) is 7.81. The molecule has 0 saturated carbocycles. The van der Waals surface area contributed by atoms with Crippen LogP contribution < -0.4 is 14.8 Å². The lowest BCUT2D eigenvalue weighted by Gasteiger charge is -2.23. The highest BCUT2D eigenvalue weighted by Gasteiger charge is 2.34. The molecular formula is C25H25ClN2O5S2. The van der Waals surface area contributed by atoms with Gasteiger partial charge in [-0.25, -0.2) is 4.98 Å². The number of halogens is 1. The molecule has 1 aromatic heterocycles. The maximum atomic E-state index is 13.3. The number of carbonyl (C=O) groups excluding carboxylic acids is 2. The van der Waals surface area contributed by atoms with Gasteiger partial charge in [0.2, 0.25) is 5.91 Å². The molecule has 2 heterocycles. The van der Waals surface area contributed by atoms with Crippen LogP contribution in [0.2, 0.25) is 5.02 Å². The first kappa shape index (κ1) is 25.3. The lowest BCUT2D eigenvalue weighted by molar-refractivity contribution is -0.140. The number of esters is 1. The van der Waals surface area contributed by atoms with E-state index < -0.39 is 5.25 Å².